The van der Waals surface area contributed by atoms with Crippen LogP contribution in [-0.4, -0.2) is 57.9 Å². The van der Waals surface area contributed by atoms with Gasteiger partial charge in [-0.1, -0.05) is 96.1 Å². The quantitative estimate of drug-likeness (QED) is 0.0970. The highest BCUT2D eigenvalue weighted by Gasteiger charge is 2.26. The molecule has 0 amide bonds. The number of unbranched alkanes of at least 4 members (excludes halogenated alkanes) is 15. The number of hydrogen-bond acceptors (Lipinski definition) is 5. The van der Waals surface area contributed by atoms with Gasteiger partial charge < -0.3 is 25.5 Å². The van der Waals surface area contributed by atoms with E-state index in [1.807, 2.05) is 0 Å². The molecule has 0 spiro atoms. The molecular weight excluding hydrogens is 420 g/mol. The van der Waals surface area contributed by atoms with Crippen LogP contribution in [0.15, 0.2) is 12.2 Å². The first-order valence-corrected chi connectivity index (χ1v) is 13.3. The van der Waals surface area contributed by atoms with Crippen LogP contribution in [-0.2, 0) is 4.79 Å². The highest BCUT2D eigenvalue weighted by molar-refractivity contribution is 5.66. The molecule has 0 aromatic heterocycles. The minimum absolute atomic E-state index is 0.340. The number of rotatable bonds is 23. The first kappa shape index (κ1) is 34.2. The molecular formula is C27H54O6. The molecule has 0 heterocycles. The second kappa shape index (κ2) is 27.3. The predicted octanol–water partition coefficient (Wildman–Crippen LogP) is 5.61. The fourth-order valence-electron chi connectivity index (χ4n) is 3.35. The Bertz CT molecular complexity index is 403. The van der Waals surface area contributed by atoms with Crippen molar-refractivity contribution in [2.24, 2.45) is 5.41 Å². The number of carboxylic acid groups (broad SMARTS) is 1. The molecule has 0 aliphatic rings. The largest absolute Gasteiger partial charge is 0.481 e. The Morgan fingerprint density at radius 2 is 0.909 bits per heavy atom. The third-order valence-corrected chi connectivity index (χ3v) is 5.99. The van der Waals surface area contributed by atoms with Crippen LogP contribution >= 0.6 is 0 Å². The molecule has 5 N–H and O–H groups in total. The van der Waals surface area contributed by atoms with E-state index in [-0.39, 0.29) is 0 Å². The smallest absolute Gasteiger partial charge is 0.303 e. The molecule has 0 bridgehead atoms. The van der Waals surface area contributed by atoms with E-state index in [1.165, 1.54) is 96.3 Å². The van der Waals surface area contributed by atoms with Crippen molar-refractivity contribution in [3.63, 3.8) is 0 Å². The molecule has 0 aliphatic heterocycles. The third-order valence-electron chi connectivity index (χ3n) is 5.99. The van der Waals surface area contributed by atoms with Crippen LogP contribution < -0.4 is 0 Å². The van der Waals surface area contributed by atoms with Crippen LogP contribution in [0.25, 0.3) is 0 Å². The van der Waals surface area contributed by atoms with Crippen LogP contribution in [0.4, 0.5) is 0 Å². The van der Waals surface area contributed by atoms with E-state index in [2.05, 4.69) is 19.1 Å². The second-order valence-corrected chi connectivity index (χ2v) is 9.27. The highest BCUT2D eigenvalue weighted by Crippen LogP contribution is 2.13. The van der Waals surface area contributed by atoms with Crippen molar-refractivity contribution in [2.45, 2.75) is 122 Å². The maximum atomic E-state index is 10.4. The van der Waals surface area contributed by atoms with Gasteiger partial charge in [-0.05, 0) is 32.1 Å². The van der Waals surface area contributed by atoms with Gasteiger partial charge in [0.25, 0.3) is 0 Å². The van der Waals surface area contributed by atoms with Crippen molar-refractivity contribution in [1.29, 1.82) is 0 Å². The van der Waals surface area contributed by atoms with Crippen molar-refractivity contribution in [3.05, 3.63) is 12.2 Å². The average molecular weight is 475 g/mol. The van der Waals surface area contributed by atoms with Crippen molar-refractivity contribution in [2.75, 3.05) is 26.4 Å². The summed E-state index contributed by atoms with van der Waals surface area (Å²) in [7, 11) is 0. The summed E-state index contributed by atoms with van der Waals surface area (Å²) in [5.74, 6) is -0.656. The Morgan fingerprint density at radius 3 is 1.21 bits per heavy atom. The summed E-state index contributed by atoms with van der Waals surface area (Å²) in [5.41, 5.74) is -1.11. The Hall–Kier alpha value is -0.950. The number of aliphatic hydroxyl groups excluding tert-OH is 4. The number of hydrogen-bond donors (Lipinski definition) is 5. The minimum atomic E-state index is -1.11. The van der Waals surface area contributed by atoms with E-state index >= 15 is 0 Å². The van der Waals surface area contributed by atoms with Gasteiger partial charge in [0.2, 0.25) is 0 Å². The van der Waals surface area contributed by atoms with Gasteiger partial charge in [-0.3, -0.25) is 4.79 Å². The lowest BCUT2D eigenvalue weighted by molar-refractivity contribution is -0.137. The fourth-order valence-corrected chi connectivity index (χ4v) is 3.35. The summed E-state index contributed by atoms with van der Waals surface area (Å²) in [5, 5.41) is 42.5. The van der Waals surface area contributed by atoms with E-state index in [4.69, 9.17) is 25.5 Å². The highest BCUT2D eigenvalue weighted by atomic mass is 16.4. The van der Waals surface area contributed by atoms with Gasteiger partial charge in [0, 0.05) is 6.42 Å². The zero-order valence-electron chi connectivity index (χ0n) is 21.4. The molecule has 0 fully saturated rings. The van der Waals surface area contributed by atoms with E-state index < -0.39 is 37.8 Å². The molecule has 0 aromatic rings. The molecule has 0 saturated heterocycles. The van der Waals surface area contributed by atoms with Crippen LogP contribution in [0.5, 0.6) is 0 Å². The third kappa shape index (κ3) is 25.5. The van der Waals surface area contributed by atoms with Crippen molar-refractivity contribution in [3.8, 4) is 0 Å². The lowest BCUT2D eigenvalue weighted by atomic mass is 9.93. The van der Waals surface area contributed by atoms with E-state index in [9.17, 15) is 4.79 Å². The molecule has 0 saturated carbocycles. The molecule has 6 heteroatoms. The van der Waals surface area contributed by atoms with Crippen LogP contribution in [0, 0.1) is 5.41 Å². The summed E-state index contributed by atoms with van der Waals surface area (Å²) >= 11 is 0. The normalized spacial score (nSPS) is 11.5. The fraction of sp³-hybridized carbons (Fsp3) is 0.889. The molecule has 0 radical (unpaired) electrons. The van der Waals surface area contributed by atoms with Gasteiger partial charge in [0.1, 0.15) is 0 Å². The summed E-state index contributed by atoms with van der Waals surface area (Å²) in [6.07, 6.45) is 27.1. The Morgan fingerprint density at radius 1 is 0.576 bits per heavy atom. The number of aliphatic carboxylic acids is 1. The summed E-state index contributed by atoms with van der Waals surface area (Å²) in [6.45, 7) is 0.647. The topological polar surface area (TPSA) is 118 Å². The number of carboxylic acids is 1. The van der Waals surface area contributed by atoms with E-state index in [1.54, 1.807) is 0 Å². The summed E-state index contributed by atoms with van der Waals surface area (Å²) in [4.78, 5) is 10.4. The molecule has 198 valence electrons. The predicted molar refractivity (Wildman–Crippen MR) is 136 cm³/mol. The minimum Gasteiger partial charge on any atom is -0.481 e. The van der Waals surface area contributed by atoms with Gasteiger partial charge in [-0.25, -0.2) is 0 Å². The first-order valence-electron chi connectivity index (χ1n) is 13.3. The van der Waals surface area contributed by atoms with Gasteiger partial charge in [-0.15, -0.1) is 0 Å². The maximum Gasteiger partial charge on any atom is 0.303 e. The summed E-state index contributed by atoms with van der Waals surface area (Å²) < 4.78 is 0. The van der Waals surface area contributed by atoms with Crippen molar-refractivity contribution in [1.82, 2.24) is 0 Å². The Kier molecular flexibility index (Phi) is 28.3. The van der Waals surface area contributed by atoms with Crippen molar-refractivity contribution >= 4 is 5.97 Å². The monoisotopic (exact) mass is 474 g/mol. The second-order valence-electron chi connectivity index (χ2n) is 9.27. The molecule has 0 atom stereocenters. The lowest BCUT2D eigenvalue weighted by Gasteiger charge is -2.23. The average Bonchev–Trinajstić information content (AvgIpc) is 2.82. The number of allylic oxidation sites excluding steroid dienone is 2. The maximum absolute atomic E-state index is 10.4. The molecule has 0 aromatic carbocycles. The molecule has 6 nitrogen and oxygen atoms in total. The molecule has 0 unspecified atom stereocenters. The summed E-state index contributed by atoms with van der Waals surface area (Å²) in [6, 6.07) is 0. The Labute approximate surface area is 203 Å². The van der Waals surface area contributed by atoms with Crippen LogP contribution in [0.2, 0.25) is 0 Å². The van der Waals surface area contributed by atoms with E-state index in [0.717, 1.165) is 12.8 Å². The molecule has 0 rings (SSSR count). The lowest BCUT2D eigenvalue weighted by Crippen LogP contribution is -2.37. The van der Waals surface area contributed by atoms with Gasteiger partial charge in [0.15, 0.2) is 0 Å². The SMILES string of the molecule is CCCCCCCC/C=C\CCCCCCCCCCCC(=O)O.OCC(CO)(CO)CO. The van der Waals surface area contributed by atoms with Gasteiger partial charge in [0.05, 0.1) is 31.8 Å². The number of aliphatic hydroxyl groups is 4. The van der Waals surface area contributed by atoms with Crippen LogP contribution in [0.1, 0.15) is 122 Å². The zero-order valence-corrected chi connectivity index (χ0v) is 21.4. The van der Waals surface area contributed by atoms with Crippen LogP contribution in [0.3, 0.4) is 0 Å². The Balaban J connectivity index is 0. The number of carbonyl (C=O) groups is 1. The van der Waals surface area contributed by atoms with Gasteiger partial charge in [-0.2, -0.15) is 0 Å². The molecule has 0 aliphatic carbocycles. The van der Waals surface area contributed by atoms with Gasteiger partial charge >= 0.3 is 5.97 Å². The standard InChI is InChI=1S/C22H42O2.C5H12O4/c1-2-3-4-5-6-7-8-9-10-11-12-13-14-15-16-17-18-19-20-21-22(23)24;6-1-5(2-7,3-8)4-9/h9-10H,2-8,11-21H2,1H3,(H,23,24);6-9H,1-4H2/b10-9-;. The first-order chi connectivity index (χ1) is 16.0. The molecule has 33 heavy (non-hydrogen) atoms. The zero-order chi connectivity index (χ0) is 25.0. The van der Waals surface area contributed by atoms with Crippen molar-refractivity contribution < 1.29 is 30.3 Å². The van der Waals surface area contributed by atoms with E-state index in [0.29, 0.717) is 6.42 Å².